The average molecular weight is 433 g/mol. The molecule has 0 spiro atoms. The highest BCUT2D eigenvalue weighted by Gasteiger charge is 2.25. The number of halogens is 1. The van der Waals surface area contributed by atoms with Crippen LogP contribution in [0.25, 0.3) is 11.3 Å². The Hall–Kier alpha value is -3.90. The Morgan fingerprint density at radius 1 is 0.968 bits per heavy atom. The van der Waals surface area contributed by atoms with Gasteiger partial charge in [0.1, 0.15) is 22.8 Å². The fourth-order valence-electron chi connectivity index (χ4n) is 3.04. The van der Waals surface area contributed by atoms with Crippen LogP contribution >= 0.6 is 11.6 Å². The molecular formula is C24H17ClN2O4. The van der Waals surface area contributed by atoms with Gasteiger partial charge in [-0.1, -0.05) is 59.2 Å². The van der Waals surface area contributed by atoms with Crippen LogP contribution in [-0.2, 0) is 0 Å². The minimum Gasteiger partial charge on any atom is -0.423 e. The van der Waals surface area contributed by atoms with Gasteiger partial charge in [0.2, 0.25) is 0 Å². The van der Waals surface area contributed by atoms with Crippen LogP contribution in [0.3, 0.4) is 0 Å². The number of anilines is 1. The molecule has 0 atom stereocenters. The highest BCUT2D eigenvalue weighted by molar-refractivity contribution is 6.33. The van der Waals surface area contributed by atoms with Crippen LogP contribution in [0.15, 0.2) is 83.4 Å². The van der Waals surface area contributed by atoms with Crippen molar-refractivity contribution < 1.29 is 18.8 Å². The number of benzene rings is 3. The van der Waals surface area contributed by atoms with E-state index < -0.39 is 5.97 Å². The number of esters is 1. The normalized spacial score (nSPS) is 10.5. The third kappa shape index (κ3) is 4.49. The third-order valence-electron chi connectivity index (χ3n) is 4.53. The number of carbonyl (C=O) groups excluding carboxylic acids is 2. The molecule has 0 fully saturated rings. The summed E-state index contributed by atoms with van der Waals surface area (Å²) in [5.41, 5.74) is 2.08. The molecule has 0 saturated heterocycles. The minimum absolute atomic E-state index is 0.187. The van der Waals surface area contributed by atoms with Gasteiger partial charge in [0.15, 0.2) is 0 Å². The van der Waals surface area contributed by atoms with E-state index in [4.69, 9.17) is 20.9 Å². The molecule has 154 valence electrons. The van der Waals surface area contributed by atoms with Crippen molar-refractivity contribution in [3.05, 3.63) is 101 Å². The van der Waals surface area contributed by atoms with Crippen LogP contribution in [0.4, 0.5) is 5.69 Å². The lowest BCUT2D eigenvalue weighted by atomic mass is 10.1. The molecule has 0 aliphatic heterocycles. The van der Waals surface area contributed by atoms with Crippen LogP contribution in [0.5, 0.6) is 5.75 Å². The molecule has 4 rings (SSSR count). The van der Waals surface area contributed by atoms with E-state index in [0.717, 1.165) is 0 Å². The van der Waals surface area contributed by atoms with Crippen LogP contribution in [-0.4, -0.2) is 17.0 Å². The quantitative estimate of drug-likeness (QED) is 0.319. The summed E-state index contributed by atoms with van der Waals surface area (Å²) >= 11 is 6.25. The molecule has 0 radical (unpaired) electrons. The molecule has 1 heterocycles. The van der Waals surface area contributed by atoms with Gasteiger partial charge < -0.3 is 14.6 Å². The number of aromatic nitrogens is 1. The molecular weight excluding hydrogens is 416 g/mol. The first-order valence-corrected chi connectivity index (χ1v) is 9.80. The lowest BCUT2D eigenvalue weighted by Gasteiger charge is -2.09. The minimum atomic E-state index is -0.639. The van der Waals surface area contributed by atoms with Crippen molar-refractivity contribution in [3.8, 4) is 17.0 Å². The number of nitrogens with one attached hydrogen (secondary N) is 1. The lowest BCUT2D eigenvalue weighted by molar-refractivity contribution is 0.0733. The van der Waals surface area contributed by atoms with Gasteiger partial charge in [-0.05, 0) is 37.3 Å². The summed E-state index contributed by atoms with van der Waals surface area (Å²) in [7, 11) is 0. The van der Waals surface area contributed by atoms with E-state index in [-0.39, 0.29) is 17.2 Å². The largest absolute Gasteiger partial charge is 0.423 e. The Morgan fingerprint density at radius 3 is 2.48 bits per heavy atom. The molecule has 0 unspecified atom stereocenters. The number of rotatable bonds is 5. The van der Waals surface area contributed by atoms with Crippen molar-refractivity contribution in [2.24, 2.45) is 0 Å². The van der Waals surface area contributed by atoms with E-state index in [1.807, 2.05) is 6.07 Å². The lowest BCUT2D eigenvalue weighted by Crippen LogP contribution is -2.13. The Morgan fingerprint density at radius 2 is 1.71 bits per heavy atom. The summed E-state index contributed by atoms with van der Waals surface area (Å²) in [6, 6.07) is 22.4. The van der Waals surface area contributed by atoms with Gasteiger partial charge in [-0.3, -0.25) is 4.79 Å². The van der Waals surface area contributed by atoms with Crippen molar-refractivity contribution in [1.29, 1.82) is 0 Å². The summed E-state index contributed by atoms with van der Waals surface area (Å²) in [6.07, 6.45) is 0. The smallest absolute Gasteiger partial charge is 0.349 e. The third-order valence-corrected chi connectivity index (χ3v) is 4.86. The molecule has 0 saturated carbocycles. The SMILES string of the molecule is Cc1onc(-c2ccccc2Cl)c1C(=O)Oc1cccc(NC(=O)c2ccccc2)c1. The predicted molar refractivity (Wildman–Crippen MR) is 117 cm³/mol. The summed E-state index contributed by atoms with van der Waals surface area (Å²) in [4.78, 5) is 25.3. The van der Waals surface area contributed by atoms with Gasteiger partial charge in [-0.15, -0.1) is 0 Å². The highest BCUT2D eigenvalue weighted by atomic mass is 35.5. The van der Waals surface area contributed by atoms with E-state index in [0.29, 0.717) is 33.3 Å². The van der Waals surface area contributed by atoms with E-state index >= 15 is 0 Å². The van der Waals surface area contributed by atoms with Crippen molar-refractivity contribution in [3.63, 3.8) is 0 Å². The van der Waals surface area contributed by atoms with Crippen LogP contribution in [0, 0.1) is 6.92 Å². The highest BCUT2D eigenvalue weighted by Crippen LogP contribution is 2.32. The molecule has 1 aromatic heterocycles. The summed E-state index contributed by atoms with van der Waals surface area (Å²) in [5.74, 6) is -0.324. The summed E-state index contributed by atoms with van der Waals surface area (Å²) in [6.45, 7) is 1.63. The maximum Gasteiger partial charge on any atom is 0.349 e. The molecule has 0 aliphatic rings. The molecule has 31 heavy (non-hydrogen) atoms. The van der Waals surface area contributed by atoms with E-state index in [1.54, 1.807) is 79.7 Å². The zero-order chi connectivity index (χ0) is 21.8. The average Bonchev–Trinajstić information content (AvgIpc) is 3.16. The topological polar surface area (TPSA) is 81.4 Å². The van der Waals surface area contributed by atoms with E-state index in [2.05, 4.69) is 10.5 Å². The fourth-order valence-corrected chi connectivity index (χ4v) is 3.26. The van der Waals surface area contributed by atoms with Gasteiger partial charge >= 0.3 is 5.97 Å². The van der Waals surface area contributed by atoms with Gasteiger partial charge in [0.25, 0.3) is 5.91 Å². The zero-order valence-electron chi connectivity index (χ0n) is 16.5. The first kappa shape index (κ1) is 20.4. The summed E-state index contributed by atoms with van der Waals surface area (Å²) in [5, 5.41) is 7.21. The van der Waals surface area contributed by atoms with Crippen LogP contribution in [0.1, 0.15) is 26.5 Å². The maximum absolute atomic E-state index is 12.9. The van der Waals surface area contributed by atoms with Gasteiger partial charge in [0.05, 0.1) is 5.02 Å². The Labute approximate surface area is 183 Å². The van der Waals surface area contributed by atoms with E-state index in [1.165, 1.54) is 0 Å². The van der Waals surface area contributed by atoms with Crippen LogP contribution in [0.2, 0.25) is 5.02 Å². The van der Waals surface area contributed by atoms with Crippen molar-refractivity contribution in [2.45, 2.75) is 6.92 Å². The number of carbonyl (C=O) groups is 2. The van der Waals surface area contributed by atoms with Crippen molar-refractivity contribution in [1.82, 2.24) is 5.16 Å². The number of nitrogens with zero attached hydrogens (tertiary/aromatic N) is 1. The van der Waals surface area contributed by atoms with Gasteiger partial charge in [-0.25, -0.2) is 4.79 Å². The van der Waals surface area contributed by atoms with Crippen LogP contribution < -0.4 is 10.1 Å². The summed E-state index contributed by atoms with van der Waals surface area (Å²) < 4.78 is 10.8. The second kappa shape index (κ2) is 8.85. The second-order valence-corrected chi connectivity index (χ2v) is 7.09. The number of ether oxygens (including phenoxy) is 1. The van der Waals surface area contributed by atoms with Crippen molar-refractivity contribution >= 4 is 29.2 Å². The Kier molecular flexibility index (Phi) is 5.82. The first-order chi connectivity index (χ1) is 15.0. The first-order valence-electron chi connectivity index (χ1n) is 9.43. The fraction of sp³-hybridized carbons (Fsp3) is 0.0417. The molecule has 3 aromatic carbocycles. The molecule has 0 aliphatic carbocycles. The Balaban J connectivity index is 1.55. The predicted octanol–water partition coefficient (Wildman–Crippen LogP) is 5.77. The molecule has 1 amide bonds. The van der Waals surface area contributed by atoms with Gasteiger partial charge in [-0.2, -0.15) is 0 Å². The number of aryl methyl sites for hydroxylation is 1. The molecule has 1 N–H and O–H groups in total. The molecule has 4 aromatic rings. The second-order valence-electron chi connectivity index (χ2n) is 6.68. The maximum atomic E-state index is 12.9. The zero-order valence-corrected chi connectivity index (χ0v) is 17.2. The van der Waals surface area contributed by atoms with Gasteiger partial charge in [0, 0.05) is 22.9 Å². The van der Waals surface area contributed by atoms with E-state index in [9.17, 15) is 9.59 Å². The standard InChI is InChI=1S/C24H17ClN2O4/c1-15-21(22(27-31-15)19-12-5-6-13-20(19)25)24(29)30-18-11-7-10-17(14-18)26-23(28)16-8-3-2-4-9-16/h2-14H,1H3,(H,26,28). The molecule has 0 bridgehead atoms. The number of amides is 1. The van der Waals surface area contributed by atoms with Crippen molar-refractivity contribution in [2.75, 3.05) is 5.32 Å². The monoisotopic (exact) mass is 432 g/mol. The number of hydrogen-bond donors (Lipinski definition) is 1. The number of hydrogen-bond acceptors (Lipinski definition) is 5. The Bertz CT molecular complexity index is 1250. The molecule has 7 heteroatoms. The molecule has 6 nitrogen and oxygen atoms in total.